The zero-order chi connectivity index (χ0) is 9.97. The summed E-state index contributed by atoms with van der Waals surface area (Å²) in [5, 5.41) is 0. The van der Waals surface area contributed by atoms with Crippen molar-refractivity contribution < 1.29 is 8.78 Å². The van der Waals surface area contributed by atoms with Gasteiger partial charge in [-0.1, -0.05) is 30.4 Å². The van der Waals surface area contributed by atoms with Crippen LogP contribution in [0.25, 0.3) is 0 Å². The first-order chi connectivity index (χ1) is 6.77. The number of hydrogen-bond donors (Lipinski definition) is 0. The molecule has 0 saturated heterocycles. The fourth-order valence-corrected chi connectivity index (χ4v) is 1.57. The molecular formula is C12H10F2. The van der Waals surface area contributed by atoms with E-state index >= 15 is 0 Å². The van der Waals surface area contributed by atoms with Crippen molar-refractivity contribution in [2.75, 3.05) is 0 Å². The molecule has 0 N–H and O–H groups in total. The SMILES string of the molecule is Fc1ccc(C2C=CC=CC2)cc1F. The highest BCUT2D eigenvalue weighted by Gasteiger charge is 2.10. The van der Waals surface area contributed by atoms with Crippen LogP contribution < -0.4 is 0 Å². The summed E-state index contributed by atoms with van der Waals surface area (Å²) in [4.78, 5) is 0. The molecule has 1 aliphatic carbocycles. The Morgan fingerprint density at radius 2 is 1.93 bits per heavy atom. The van der Waals surface area contributed by atoms with Gasteiger partial charge in [0.15, 0.2) is 11.6 Å². The number of halogens is 2. The lowest BCUT2D eigenvalue weighted by molar-refractivity contribution is 0.506. The summed E-state index contributed by atoms with van der Waals surface area (Å²) in [6.45, 7) is 0. The van der Waals surface area contributed by atoms with Crippen molar-refractivity contribution in [3.05, 3.63) is 59.7 Å². The minimum atomic E-state index is -0.788. The Kier molecular flexibility index (Phi) is 2.44. The van der Waals surface area contributed by atoms with E-state index in [1.807, 2.05) is 24.3 Å². The minimum Gasteiger partial charge on any atom is -0.204 e. The summed E-state index contributed by atoms with van der Waals surface area (Å²) in [6.07, 6.45) is 8.74. The molecule has 2 heteroatoms. The highest BCUT2D eigenvalue weighted by Crippen LogP contribution is 2.25. The molecule has 1 unspecified atom stereocenters. The quantitative estimate of drug-likeness (QED) is 0.638. The normalized spacial score (nSPS) is 20.0. The second-order valence-corrected chi connectivity index (χ2v) is 3.33. The van der Waals surface area contributed by atoms with Gasteiger partial charge in [-0.15, -0.1) is 0 Å². The van der Waals surface area contributed by atoms with Crippen molar-refractivity contribution in [1.29, 1.82) is 0 Å². The van der Waals surface area contributed by atoms with Gasteiger partial charge in [0.1, 0.15) is 0 Å². The van der Waals surface area contributed by atoms with Crippen LogP contribution in [-0.4, -0.2) is 0 Å². The Hall–Kier alpha value is -1.44. The van der Waals surface area contributed by atoms with Gasteiger partial charge in [-0.05, 0) is 24.1 Å². The van der Waals surface area contributed by atoms with Gasteiger partial charge in [0.05, 0.1) is 0 Å². The standard InChI is InChI=1S/C12H10F2/c13-11-7-6-10(8-12(11)14)9-4-2-1-3-5-9/h1-4,6-9H,5H2. The van der Waals surface area contributed by atoms with Crippen LogP contribution >= 0.6 is 0 Å². The van der Waals surface area contributed by atoms with Crippen LogP contribution in [-0.2, 0) is 0 Å². The van der Waals surface area contributed by atoms with Crippen LogP contribution in [0.3, 0.4) is 0 Å². The van der Waals surface area contributed by atoms with E-state index in [0.29, 0.717) is 0 Å². The van der Waals surface area contributed by atoms with Crippen molar-refractivity contribution in [2.24, 2.45) is 0 Å². The van der Waals surface area contributed by atoms with Crippen LogP contribution in [0.15, 0.2) is 42.5 Å². The van der Waals surface area contributed by atoms with E-state index in [1.54, 1.807) is 6.07 Å². The molecule has 2 rings (SSSR count). The Labute approximate surface area is 81.6 Å². The molecule has 0 amide bonds. The van der Waals surface area contributed by atoms with Gasteiger partial charge in [0, 0.05) is 5.92 Å². The molecule has 1 aromatic carbocycles. The molecule has 1 aliphatic rings. The number of rotatable bonds is 1. The molecule has 0 bridgehead atoms. The molecule has 0 radical (unpaired) electrons. The lowest BCUT2D eigenvalue weighted by Gasteiger charge is -2.13. The van der Waals surface area contributed by atoms with Crippen molar-refractivity contribution >= 4 is 0 Å². The zero-order valence-corrected chi connectivity index (χ0v) is 7.58. The van der Waals surface area contributed by atoms with Crippen LogP contribution in [0, 0.1) is 11.6 Å². The van der Waals surface area contributed by atoms with Gasteiger partial charge in [0.25, 0.3) is 0 Å². The Morgan fingerprint density at radius 3 is 2.57 bits per heavy atom. The molecule has 1 aromatic rings. The Morgan fingerprint density at radius 1 is 1.07 bits per heavy atom. The maximum Gasteiger partial charge on any atom is 0.159 e. The van der Waals surface area contributed by atoms with E-state index in [2.05, 4.69) is 0 Å². The van der Waals surface area contributed by atoms with E-state index in [1.165, 1.54) is 12.1 Å². The number of hydrogen-bond acceptors (Lipinski definition) is 0. The van der Waals surface area contributed by atoms with Gasteiger partial charge in [-0.2, -0.15) is 0 Å². The zero-order valence-electron chi connectivity index (χ0n) is 7.58. The predicted octanol–water partition coefficient (Wildman–Crippen LogP) is 3.56. The van der Waals surface area contributed by atoms with E-state index in [9.17, 15) is 8.78 Å². The van der Waals surface area contributed by atoms with Crippen LogP contribution in [0.4, 0.5) is 8.78 Å². The average Bonchev–Trinajstić information content (AvgIpc) is 2.23. The van der Waals surface area contributed by atoms with Gasteiger partial charge >= 0.3 is 0 Å². The molecule has 72 valence electrons. The van der Waals surface area contributed by atoms with E-state index in [4.69, 9.17) is 0 Å². The van der Waals surface area contributed by atoms with Crippen LogP contribution in [0.2, 0.25) is 0 Å². The molecular weight excluding hydrogens is 182 g/mol. The molecule has 0 heterocycles. The topological polar surface area (TPSA) is 0 Å². The van der Waals surface area contributed by atoms with Crippen LogP contribution in [0.1, 0.15) is 17.9 Å². The first kappa shape index (κ1) is 9.13. The average molecular weight is 192 g/mol. The molecule has 0 spiro atoms. The monoisotopic (exact) mass is 192 g/mol. The molecule has 0 fully saturated rings. The van der Waals surface area contributed by atoms with Gasteiger partial charge in [-0.25, -0.2) is 8.78 Å². The summed E-state index contributed by atoms with van der Waals surface area (Å²) >= 11 is 0. The number of allylic oxidation sites excluding steroid dienone is 4. The fraction of sp³-hybridized carbons (Fsp3) is 0.167. The Bertz CT molecular complexity index is 391. The molecule has 0 aromatic heterocycles. The molecule has 0 aliphatic heterocycles. The second-order valence-electron chi connectivity index (χ2n) is 3.33. The van der Waals surface area contributed by atoms with E-state index in [0.717, 1.165) is 12.0 Å². The van der Waals surface area contributed by atoms with Gasteiger partial charge < -0.3 is 0 Å². The van der Waals surface area contributed by atoms with Crippen molar-refractivity contribution in [1.82, 2.24) is 0 Å². The highest BCUT2D eigenvalue weighted by molar-refractivity contribution is 5.29. The fourth-order valence-electron chi connectivity index (χ4n) is 1.57. The molecule has 0 nitrogen and oxygen atoms in total. The summed E-state index contributed by atoms with van der Waals surface area (Å²) in [6, 6.07) is 4.08. The highest BCUT2D eigenvalue weighted by atomic mass is 19.2. The lowest BCUT2D eigenvalue weighted by Crippen LogP contribution is -1.97. The predicted molar refractivity (Wildman–Crippen MR) is 52.0 cm³/mol. The minimum absolute atomic E-state index is 0.176. The summed E-state index contributed by atoms with van der Waals surface area (Å²) in [5.74, 6) is -1.38. The lowest BCUT2D eigenvalue weighted by atomic mass is 9.92. The smallest absolute Gasteiger partial charge is 0.159 e. The third-order valence-electron chi connectivity index (χ3n) is 2.35. The first-order valence-corrected chi connectivity index (χ1v) is 4.55. The van der Waals surface area contributed by atoms with Gasteiger partial charge in [0.2, 0.25) is 0 Å². The maximum atomic E-state index is 12.9. The van der Waals surface area contributed by atoms with E-state index in [-0.39, 0.29) is 5.92 Å². The first-order valence-electron chi connectivity index (χ1n) is 4.55. The maximum absolute atomic E-state index is 12.9. The molecule has 1 atom stereocenters. The molecule has 0 saturated carbocycles. The number of benzene rings is 1. The third kappa shape index (κ3) is 1.74. The third-order valence-corrected chi connectivity index (χ3v) is 2.35. The second kappa shape index (κ2) is 3.74. The summed E-state index contributed by atoms with van der Waals surface area (Å²) in [5.41, 5.74) is 0.824. The Balaban J connectivity index is 2.28. The van der Waals surface area contributed by atoms with Crippen molar-refractivity contribution in [2.45, 2.75) is 12.3 Å². The van der Waals surface area contributed by atoms with Crippen LogP contribution in [0.5, 0.6) is 0 Å². The molecule has 14 heavy (non-hydrogen) atoms. The van der Waals surface area contributed by atoms with Gasteiger partial charge in [-0.3, -0.25) is 0 Å². The van der Waals surface area contributed by atoms with Crippen molar-refractivity contribution in [3.8, 4) is 0 Å². The van der Waals surface area contributed by atoms with E-state index < -0.39 is 11.6 Å². The summed E-state index contributed by atoms with van der Waals surface area (Å²) in [7, 11) is 0. The largest absolute Gasteiger partial charge is 0.204 e. The van der Waals surface area contributed by atoms with Crippen molar-refractivity contribution in [3.63, 3.8) is 0 Å². The summed E-state index contributed by atoms with van der Waals surface area (Å²) < 4.78 is 25.6.